The lowest BCUT2D eigenvalue weighted by Crippen LogP contribution is -2.21. The molecule has 0 radical (unpaired) electrons. The van der Waals surface area contributed by atoms with Crippen molar-refractivity contribution in [2.45, 2.75) is 26.4 Å². The van der Waals surface area contributed by atoms with E-state index < -0.39 is 0 Å². The summed E-state index contributed by atoms with van der Waals surface area (Å²) in [4.78, 5) is 0. The van der Waals surface area contributed by atoms with Crippen LogP contribution in [0.1, 0.15) is 25.5 Å². The van der Waals surface area contributed by atoms with Gasteiger partial charge in [0.05, 0.1) is 0 Å². The number of nitrogens with zero attached hydrogens (tertiary/aromatic N) is 1. The van der Waals surface area contributed by atoms with Crippen LogP contribution in [-0.2, 0) is 6.54 Å². The van der Waals surface area contributed by atoms with E-state index in [9.17, 15) is 0 Å². The lowest BCUT2D eigenvalue weighted by atomic mass is 9.99. The molecular formula is C12H22N2S. The quantitative estimate of drug-likeness (QED) is 0.803. The SMILES string of the molecule is CNC(c1ccn(CCSC)c1)C(C)C. The molecule has 0 saturated heterocycles. The number of nitrogens with one attached hydrogen (secondary N) is 1. The van der Waals surface area contributed by atoms with Gasteiger partial charge in [0.15, 0.2) is 0 Å². The fourth-order valence-electron chi connectivity index (χ4n) is 1.86. The van der Waals surface area contributed by atoms with E-state index in [0.717, 1.165) is 6.54 Å². The van der Waals surface area contributed by atoms with Crippen molar-refractivity contribution in [2.24, 2.45) is 5.92 Å². The summed E-state index contributed by atoms with van der Waals surface area (Å²) in [6.07, 6.45) is 6.59. The van der Waals surface area contributed by atoms with E-state index in [1.807, 2.05) is 18.8 Å². The molecule has 0 spiro atoms. The number of hydrogen-bond donors (Lipinski definition) is 1. The third kappa shape index (κ3) is 3.58. The third-order valence-electron chi connectivity index (χ3n) is 2.66. The molecule has 3 heteroatoms. The van der Waals surface area contributed by atoms with Crippen LogP contribution in [0.2, 0.25) is 0 Å². The third-order valence-corrected chi connectivity index (χ3v) is 3.25. The molecule has 0 aliphatic rings. The summed E-state index contributed by atoms with van der Waals surface area (Å²) in [5.41, 5.74) is 1.40. The average Bonchev–Trinajstić information content (AvgIpc) is 2.64. The number of hydrogen-bond acceptors (Lipinski definition) is 2. The first-order chi connectivity index (χ1) is 7.19. The largest absolute Gasteiger partial charge is 0.353 e. The predicted octanol–water partition coefficient (Wildman–Crippen LogP) is 2.77. The Morgan fingerprint density at radius 2 is 2.20 bits per heavy atom. The Balaban J connectivity index is 2.65. The maximum atomic E-state index is 3.37. The predicted molar refractivity (Wildman–Crippen MR) is 69.5 cm³/mol. The second-order valence-electron chi connectivity index (χ2n) is 4.19. The van der Waals surface area contributed by atoms with Crippen molar-refractivity contribution in [1.82, 2.24) is 9.88 Å². The van der Waals surface area contributed by atoms with Crippen LogP contribution in [0.15, 0.2) is 18.5 Å². The van der Waals surface area contributed by atoms with Crippen LogP contribution in [0.5, 0.6) is 0 Å². The first-order valence-corrected chi connectivity index (χ1v) is 6.90. The van der Waals surface area contributed by atoms with Crippen LogP contribution in [0, 0.1) is 5.92 Å². The molecule has 1 aromatic heterocycles. The molecule has 0 amide bonds. The molecule has 1 rings (SSSR count). The van der Waals surface area contributed by atoms with E-state index in [0.29, 0.717) is 12.0 Å². The van der Waals surface area contributed by atoms with Crippen LogP contribution in [-0.4, -0.2) is 23.6 Å². The summed E-state index contributed by atoms with van der Waals surface area (Å²) in [6.45, 7) is 5.61. The molecule has 1 N–H and O–H groups in total. The first kappa shape index (κ1) is 12.7. The lowest BCUT2D eigenvalue weighted by molar-refractivity contribution is 0.442. The van der Waals surface area contributed by atoms with E-state index in [2.05, 4.69) is 48.4 Å². The van der Waals surface area contributed by atoms with Crippen LogP contribution >= 0.6 is 11.8 Å². The van der Waals surface area contributed by atoms with Gasteiger partial charge in [0.25, 0.3) is 0 Å². The Labute approximate surface area is 97.4 Å². The van der Waals surface area contributed by atoms with Gasteiger partial charge in [-0.05, 0) is 30.9 Å². The van der Waals surface area contributed by atoms with Crippen molar-refractivity contribution < 1.29 is 0 Å². The summed E-state index contributed by atoms with van der Waals surface area (Å²) < 4.78 is 2.28. The van der Waals surface area contributed by atoms with Gasteiger partial charge >= 0.3 is 0 Å². The summed E-state index contributed by atoms with van der Waals surface area (Å²) in [6, 6.07) is 2.70. The fourth-order valence-corrected chi connectivity index (χ4v) is 2.26. The molecule has 0 saturated carbocycles. The molecule has 1 aromatic rings. The summed E-state index contributed by atoms with van der Waals surface area (Å²) in [7, 11) is 2.03. The molecule has 1 atom stereocenters. The standard InChI is InChI=1S/C12H22N2S/c1-10(2)12(13-3)11-5-6-14(9-11)7-8-15-4/h5-6,9-10,12-13H,7-8H2,1-4H3. The highest BCUT2D eigenvalue weighted by Gasteiger charge is 2.13. The summed E-state index contributed by atoms with van der Waals surface area (Å²) >= 11 is 1.89. The van der Waals surface area contributed by atoms with Crippen LogP contribution < -0.4 is 5.32 Å². The van der Waals surface area contributed by atoms with Crippen LogP contribution in [0.4, 0.5) is 0 Å². The molecule has 0 fully saturated rings. The molecule has 0 bridgehead atoms. The molecule has 0 aliphatic carbocycles. The zero-order valence-corrected chi connectivity index (χ0v) is 11.0. The lowest BCUT2D eigenvalue weighted by Gasteiger charge is -2.18. The molecule has 86 valence electrons. The van der Waals surface area contributed by atoms with Gasteiger partial charge in [-0.25, -0.2) is 0 Å². The maximum Gasteiger partial charge on any atom is 0.0355 e. The Hall–Kier alpha value is -0.410. The Kier molecular flexibility index (Phi) is 5.26. The Bertz CT molecular complexity index is 281. The normalized spacial score (nSPS) is 13.4. The van der Waals surface area contributed by atoms with E-state index in [-0.39, 0.29) is 0 Å². The average molecular weight is 226 g/mol. The molecule has 0 aliphatic heterocycles. The number of rotatable bonds is 6. The molecule has 2 nitrogen and oxygen atoms in total. The monoisotopic (exact) mass is 226 g/mol. The van der Waals surface area contributed by atoms with Gasteiger partial charge in [-0.15, -0.1) is 0 Å². The second-order valence-corrected chi connectivity index (χ2v) is 5.17. The highest BCUT2D eigenvalue weighted by Crippen LogP contribution is 2.21. The fraction of sp³-hybridized carbons (Fsp3) is 0.667. The van der Waals surface area contributed by atoms with Crippen molar-refractivity contribution in [3.63, 3.8) is 0 Å². The van der Waals surface area contributed by atoms with Crippen LogP contribution in [0.25, 0.3) is 0 Å². The van der Waals surface area contributed by atoms with Gasteiger partial charge in [0.1, 0.15) is 0 Å². The van der Waals surface area contributed by atoms with Gasteiger partial charge < -0.3 is 9.88 Å². The molecular weight excluding hydrogens is 204 g/mol. The second kappa shape index (κ2) is 6.23. The number of thioether (sulfide) groups is 1. The van der Waals surface area contributed by atoms with Crippen molar-refractivity contribution in [2.75, 3.05) is 19.1 Å². The Morgan fingerprint density at radius 3 is 2.73 bits per heavy atom. The first-order valence-electron chi connectivity index (χ1n) is 5.51. The molecule has 0 aromatic carbocycles. The Morgan fingerprint density at radius 1 is 1.47 bits per heavy atom. The zero-order chi connectivity index (χ0) is 11.3. The summed E-state index contributed by atoms with van der Waals surface area (Å²) in [5, 5.41) is 3.37. The van der Waals surface area contributed by atoms with Crippen molar-refractivity contribution in [3.8, 4) is 0 Å². The molecule has 1 unspecified atom stereocenters. The van der Waals surface area contributed by atoms with Gasteiger partial charge in [-0.2, -0.15) is 11.8 Å². The number of aryl methyl sites for hydroxylation is 1. The minimum atomic E-state index is 0.473. The zero-order valence-electron chi connectivity index (χ0n) is 10.2. The highest BCUT2D eigenvalue weighted by atomic mass is 32.2. The van der Waals surface area contributed by atoms with E-state index in [1.165, 1.54) is 11.3 Å². The maximum absolute atomic E-state index is 3.37. The summed E-state index contributed by atoms with van der Waals surface area (Å²) in [5.74, 6) is 1.81. The van der Waals surface area contributed by atoms with Gasteiger partial charge in [-0.3, -0.25) is 0 Å². The van der Waals surface area contributed by atoms with Gasteiger partial charge in [0, 0.05) is 30.7 Å². The number of aromatic nitrogens is 1. The van der Waals surface area contributed by atoms with Crippen LogP contribution in [0.3, 0.4) is 0 Å². The van der Waals surface area contributed by atoms with Gasteiger partial charge in [-0.1, -0.05) is 13.8 Å². The van der Waals surface area contributed by atoms with E-state index in [4.69, 9.17) is 0 Å². The van der Waals surface area contributed by atoms with E-state index >= 15 is 0 Å². The smallest absolute Gasteiger partial charge is 0.0355 e. The minimum absolute atomic E-state index is 0.473. The van der Waals surface area contributed by atoms with Gasteiger partial charge in [0.2, 0.25) is 0 Å². The van der Waals surface area contributed by atoms with Crippen molar-refractivity contribution in [1.29, 1.82) is 0 Å². The van der Waals surface area contributed by atoms with E-state index in [1.54, 1.807) is 0 Å². The minimum Gasteiger partial charge on any atom is -0.353 e. The molecule has 15 heavy (non-hydrogen) atoms. The topological polar surface area (TPSA) is 17.0 Å². The van der Waals surface area contributed by atoms with Crippen molar-refractivity contribution >= 4 is 11.8 Å². The van der Waals surface area contributed by atoms with Crippen molar-refractivity contribution in [3.05, 3.63) is 24.0 Å². The highest BCUT2D eigenvalue weighted by molar-refractivity contribution is 7.98. The molecule has 1 heterocycles.